The highest BCUT2D eigenvalue weighted by Gasteiger charge is 2.16. The van der Waals surface area contributed by atoms with E-state index in [1.54, 1.807) is 0 Å². The summed E-state index contributed by atoms with van der Waals surface area (Å²) in [6.07, 6.45) is 0.487. The van der Waals surface area contributed by atoms with Crippen LogP contribution in [0.4, 0.5) is 0 Å². The lowest BCUT2D eigenvalue weighted by atomic mass is 10.5. The number of allylic oxidation sites excluding steroid dienone is 1. The van der Waals surface area contributed by atoms with Gasteiger partial charge in [0.1, 0.15) is 0 Å². The minimum absolute atomic E-state index is 0.444. The van der Waals surface area contributed by atoms with E-state index in [0.29, 0.717) is 6.08 Å². The van der Waals surface area contributed by atoms with Crippen LogP contribution >= 0.6 is 7.60 Å². The van der Waals surface area contributed by atoms with Crippen LogP contribution in [0.3, 0.4) is 0 Å². The number of hydrogen-bond acceptors (Lipinski definition) is 2. The Morgan fingerprint density at radius 1 is 1.50 bits per heavy atom. The number of carbonyl (C=O) groups is 1. The highest BCUT2D eigenvalue weighted by Crippen LogP contribution is 2.43. The zero-order chi connectivity index (χ0) is 8.36. The third kappa shape index (κ3) is 3.40. The normalized spacial score (nSPS) is 13.3. The maximum absolute atomic E-state index is 10.2. The number of hydrogen-bond donors (Lipinski definition) is 3. The van der Waals surface area contributed by atoms with Crippen LogP contribution in [0.2, 0.25) is 0 Å². The Morgan fingerprint density at radius 2 is 1.90 bits per heavy atom. The first-order chi connectivity index (χ1) is 4.34. The molecule has 5 nitrogen and oxygen atoms in total. The summed E-state index contributed by atoms with van der Waals surface area (Å²) in [5, 5.41) is 7.58. The first-order valence-corrected chi connectivity index (χ1v) is 3.92. The summed E-state index contributed by atoms with van der Waals surface area (Å²) in [6, 6.07) is 0. The smallest absolute Gasteiger partial charge is 0.352 e. The van der Waals surface area contributed by atoms with Crippen molar-refractivity contribution in [1.29, 1.82) is 0 Å². The summed E-state index contributed by atoms with van der Waals surface area (Å²) in [5.74, 6) is -1.36. The first-order valence-electron chi connectivity index (χ1n) is 2.31. The van der Waals surface area contributed by atoms with Crippen molar-refractivity contribution in [2.75, 3.05) is 0 Å². The van der Waals surface area contributed by atoms with Crippen LogP contribution in [0.5, 0.6) is 0 Å². The molecule has 0 bridgehead atoms. The van der Waals surface area contributed by atoms with Gasteiger partial charge < -0.3 is 14.9 Å². The monoisotopic (exact) mass is 166 g/mol. The molecule has 0 saturated carbocycles. The van der Waals surface area contributed by atoms with Crippen LogP contribution in [-0.2, 0) is 9.36 Å². The first kappa shape index (κ1) is 9.36. The molecule has 0 radical (unpaired) electrons. The van der Waals surface area contributed by atoms with E-state index in [4.69, 9.17) is 14.9 Å². The fourth-order valence-corrected chi connectivity index (χ4v) is 0.541. The predicted octanol–water partition coefficient (Wildman–Crippen LogP) is 0.152. The molecular formula is C4H7O5P. The molecule has 0 aliphatic rings. The zero-order valence-corrected chi connectivity index (χ0v) is 6.08. The van der Waals surface area contributed by atoms with Gasteiger partial charge in [0, 0.05) is 11.4 Å². The summed E-state index contributed by atoms with van der Waals surface area (Å²) < 4.78 is 10.2. The van der Waals surface area contributed by atoms with E-state index in [-0.39, 0.29) is 0 Å². The molecule has 0 saturated heterocycles. The summed E-state index contributed by atoms with van der Waals surface area (Å²) in [6.45, 7) is 1.06. The zero-order valence-electron chi connectivity index (χ0n) is 5.18. The van der Waals surface area contributed by atoms with Gasteiger partial charge in [0.25, 0.3) is 0 Å². The average Bonchev–Trinajstić information content (AvgIpc) is 1.60. The van der Waals surface area contributed by atoms with Gasteiger partial charge in [-0.25, -0.2) is 4.79 Å². The average molecular weight is 166 g/mol. The molecule has 0 atom stereocenters. The van der Waals surface area contributed by atoms with Gasteiger partial charge in [0.05, 0.1) is 0 Å². The van der Waals surface area contributed by atoms with E-state index < -0.39 is 18.9 Å². The molecule has 0 unspecified atom stereocenters. The second-order valence-electron chi connectivity index (χ2n) is 1.67. The highest BCUT2D eigenvalue weighted by atomic mass is 31.2. The van der Waals surface area contributed by atoms with Gasteiger partial charge in [-0.2, -0.15) is 0 Å². The maximum Gasteiger partial charge on any atom is 0.352 e. The lowest BCUT2D eigenvalue weighted by Crippen LogP contribution is -1.90. The minimum Gasteiger partial charge on any atom is -0.478 e. The molecule has 0 spiro atoms. The van der Waals surface area contributed by atoms with E-state index in [0.717, 1.165) is 6.92 Å². The van der Waals surface area contributed by atoms with E-state index >= 15 is 0 Å². The Labute approximate surface area is 57.2 Å². The summed E-state index contributed by atoms with van der Waals surface area (Å²) in [4.78, 5) is 26.5. The molecule has 0 fully saturated rings. The molecule has 3 N–H and O–H groups in total. The van der Waals surface area contributed by atoms with Crippen LogP contribution in [0.15, 0.2) is 11.4 Å². The number of rotatable bonds is 2. The quantitative estimate of drug-likeness (QED) is 0.401. The topological polar surface area (TPSA) is 94.8 Å². The fourth-order valence-electron chi connectivity index (χ4n) is 0.263. The number of carboxylic acid groups (broad SMARTS) is 1. The van der Waals surface area contributed by atoms with Gasteiger partial charge in [-0.15, -0.1) is 0 Å². The fraction of sp³-hybridized carbons (Fsp3) is 0.250. The predicted molar refractivity (Wildman–Crippen MR) is 33.4 cm³/mol. The van der Waals surface area contributed by atoms with Gasteiger partial charge in [-0.1, -0.05) is 0 Å². The second kappa shape index (κ2) is 2.96. The van der Waals surface area contributed by atoms with E-state index in [1.165, 1.54) is 0 Å². The maximum atomic E-state index is 10.2. The van der Waals surface area contributed by atoms with E-state index in [1.807, 2.05) is 0 Å². The lowest BCUT2D eigenvalue weighted by molar-refractivity contribution is -0.131. The van der Waals surface area contributed by atoms with Crippen LogP contribution in [0.25, 0.3) is 0 Å². The third-order valence-corrected chi connectivity index (χ3v) is 1.84. The molecule has 10 heavy (non-hydrogen) atoms. The van der Waals surface area contributed by atoms with Gasteiger partial charge in [-0.3, -0.25) is 4.57 Å². The molecule has 6 heteroatoms. The van der Waals surface area contributed by atoms with Crippen molar-refractivity contribution < 1.29 is 24.3 Å². The lowest BCUT2D eigenvalue weighted by Gasteiger charge is -2.00. The molecule has 58 valence electrons. The van der Waals surface area contributed by atoms with E-state index in [2.05, 4.69) is 0 Å². The molecule has 0 aromatic carbocycles. The van der Waals surface area contributed by atoms with Crippen LogP contribution in [0, 0.1) is 0 Å². The molecule has 0 rings (SSSR count). The Bertz CT molecular complexity index is 212. The summed E-state index contributed by atoms with van der Waals surface area (Å²) >= 11 is 0. The SMILES string of the molecule is CC(=CC(=O)O)P(=O)(O)O. The van der Waals surface area contributed by atoms with Crippen LogP contribution < -0.4 is 0 Å². The second-order valence-corrected chi connectivity index (χ2v) is 3.46. The molecule has 0 aliphatic heterocycles. The highest BCUT2D eigenvalue weighted by molar-refractivity contribution is 7.56. The van der Waals surface area contributed by atoms with Crippen molar-refractivity contribution in [1.82, 2.24) is 0 Å². The van der Waals surface area contributed by atoms with Crippen molar-refractivity contribution in [3.05, 3.63) is 11.4 Å². The van der Waals surface area contributed by atoms with Crippen molar-refractivity contribution in [3.8, 4) is 0 Å². The largest absolute Gasteiger partial charge is 0.478 e. The van der Waals surface area contributed by atoms with Gasteiger partial charge in [0.2, 0.25) is 0 Å². The summed E-state index contributed by atoms with van der Waals surface area (Å²) in [7, 11) is -4.33. The molecule has 0 amide bonds. The molecule has 0 aliphatic carbocycles. The molecule has 0 aromatic heterocycles. The Hall–Kier alpha value is -0.640. The number of aliphatic carboxylic acids is 1. The van der Waals surface area contributed by atoms with Gasteiger partial charge in [0.15, 0.2) is 0 Å². The van der Waals surface area contributed by atoms with Crippen molar-refractivity contribution >= 4 is 13.6 Å². The Morgan fingerprint density at radius 3 is 2.00 bits per heavy atom. The van der Waals surface area contributed by atoms with Gasteiger partial charge >= 0.3 is 13.6 Å². The Kier molecular flexibility index (Phi) is 2.77. The minimum atomic E-state index is -4.33. The standard InChI is InChI=1S/C4H7O5P/c1-3(2-4(5)6)10(7,8)9/h2H,1H3,(H,5,6)(H2,7,8,9). The van der Waals surface area contributed by atoms with Crippen molar-refractivity contribution in [2.45, 2.75) is 6.92 Å². The molecule has 0 heterocycles. The number of carboxylic acids is 1. The summed E-state index contributed by atoms with van der Waals surface area (Å²) in [5.41, 5.74) is 0. The molecular weight excluding hydrogens is 159 g/mol. The van der Waals surface area contributed by atoms with E-state index in [9.17, 15) is 9.36 Å². The molecule has 0 aromatic rings. The van der Waals surface area contributed by atoms with Crippen LogP contribution in [0.1, 0.15) is 6.92 Å². The third-order valence-electron chi connectivity index (χ3n) is 0.792. The van der Waals surface area contributed by atoms with Crippen molar-refractivity contribution in [3.63, 3.8) is 0 Å². The van der Waals surface area contributed by atoms with Crippen LogP contribution in [-0.4, -0.2) is 20.9 Å². The van der Waals surface area contributed by atoms with Gasteiger partial charge in [-0.05, 0) is 6.92 Å². The Balaban J connectivity index is 4.52. The van der Waals surface area contributed by atoms with Crippen molar-refractivity contribution in [2.24, 2.45) is 0 Å².